The van der Waals surface area contributed by atoms with Crippen LogP contribution in [0.5, 0.6) is 0 Å². The average molecular weight is 374 g/mol. The number of halogens is 1. The molecule has 0 spiro atoms. The van der Waals surface area contributed by atoms with Crippen LogP contribution in [0, 0.1) is 12.3 Å². The van der Waals surface area contributed by atoms with Crippen molar-refractivity contribution in [3.8, 4) is 0 Å². The Morgan fingerprint density at radius 1 is 1.24 bits per heavy atom. The van der Waals surface area contributed by atoms with Gasteiger partial charge in [0.2, 0.25) is 0 Å². The molecule has 3 nitrogen and oxygen atoms in total. The van der Waals surface area contributed by atoms with Gasteiger partial charge in [0.1, 0.15) is 11.0 Å². The van der Waals surface area contributed by atoms with Gasteiger partial charge in [0, 0.05) is 18.5 Å². The topological polar surface area (TPSA) is 37.4 Å². The highest BCUT2D eigenvalue weighted by molar-refractivity contribution is 9.10. The average Bonchev–Trinajstić information content (AvgIpc) is 2.46. The Balaban J connectivity index is 0.00000106. The van der Waals surface area contributed by atoms with Crippen molar-refractivity contribution < 1.29 is 9.00 Å². The van der Waals surface area contributed by atoms with Crippen molar-refractivity contribution in [3.05, 3.63) is 29.8 Å². The molecule has 0 radical (unpaired) electrons. The number of ketones is 1. The Morgan fingerprint density at radius 2 is 1.76 bits per heavy atom. The molecule has 1 heterocycles. The smallest absolute Gasteiger partial charge is 0.154 e. The predicted octanol–water partition coefficient (Wildman–Crippen LogP) is 3.72. The highest BCUT2D eigenvalue weighted by atomic mass is 79.9. The van der Waals surface area contributed by atoms with E-state index in [1.165, 1.54) is 0 Å². The van der Waals surface area contributed by atoms with Gasteiger partial charge in [0.05, 0.1) is 9.72 Å². The van der Waals surface area contributed by atoms with Crippen molar-refractivity contribution in [2.24, 2.45) is 5.41 Å². The summed E-state index contributed by atoms with van der Waals surface area (Å²) in [5.41, 5.74) is 0.681. The minimum absolute atomic E-state index is 0.185. The molecular weight excluding hydrogens is 350 g/mol. The first kappa shape index (κ1) is 18.5. The van der Waals surface area contributed by atoms with Gasteiger partial charge in [-0.1, -0.05) is 61.3 Å². The van der Waals surface area contributed by atoms with Crippen LogP contribution in [0.1, 0.15) is 33.3 Å². The number of carbonyl (C=O) groups is 1. The van der Waals surface area contributed by atoms with Crippen molar-refractivity contribution in [1.29, 1.82) is 0 Å². The van der Waals surface area contributed by atoms with Crippen LogP contribution in [-0.2, 0) is 15.8 Å². The second-order valence-electron chi connectivity index (χ2n) is 5.60. The fourth-order valence-corrected chi connectivity index (χ4v) is 4.75. The van der Waals surface area contributed by atoms with E-state index >= 15 is 0 Å². The van der Waals surface area contributed by atoms with Crippen LogP contribution in [-0.4, -0.2) is 32.2 Å². The lowest BCUT2D eigenvalue weighted by atomic mass is 9.84. The molecule has 0 amide bonds. The Labute approximate surface area is 138 Å². The lowest BCUT2D eigenvalue weighted by Gasteiger charge is -2.38. The second-order valence-corrected chi connectivity index (χ2v) is 8.19. The van der Waals surface area contributed by atoms with E-state index in [0.717, 1.165) is 10.5 Å². The summed E-state index contributed by atoms with van der Waals surface area (Å²) in [6, 6.07) is 7.69. The van der Waals surface area contributed by atoms with Crippen molar-refractivity contribution in [1.82, 2.24) is 4.31 Å². The van der Waals surface area contributed by atoms with Crippen LogP contribution >= 0.6 is 15.9 Å². The summed E-state index contributed by atoms with van der Waals surface area (Å²) in [6.07, 6.45) is 0. The van der Waals surface area contributed by atoms with Gasteiger partial charge in [0.15, 0.2) is 5.78 Å². The van der Waals surface area contributed by atoms with Crippen molar-refractivity contribution in [2.45, 2.75) is 44.3 Å². The molecule has 0 saturated carbocycles. The standard InChI is InChI=1S/C14H18BrNO2S.C2H6/c1-10-4-6-11(7-5-10)19(18)16-8-12(15)13(17)14(2,3)9-16;1-2/h4-7,12H,8-9H2,1-3H3;1-2H3. The molecule has 0 aromatic heterocycles. The first-order valence-corrected chi connectivity index (χ1v) is 9.25. The Kier molecular flexibility index (Phi) is 6.75. The summed E-state index contributed by atoms with van der Waals surface area (Å²) in [7, 11) is -1.21. The number of alkyl halides is 1. The lowest BCUT2D eigenvalue weighted by Crippen LogP contribution is -2.52. The van der Waals surface area contributed by atoms with Gasteiger partial charge in [-0.2, -0.15) is 0 Å². The zero-order valence-electron chi connectivity index (χ0n) is 13.4. The fourth-order valence-electron chi connectivity index (χ4n) is 2.20. The van der Waals surface area contributed by atoms with Crippen LogP contribution in [0.15, 0.2) is 29.2 Å². The molecule has 1 aromatic carbocycles. The molecule has 0 aliphatic carbocycles. The molecule has 0 N–H and O–H groups in total. The minimum atomic E-state index is -1.21. The van der Waals surface area contributed by atoms with Gasteiger partial charge in [0.25, 0.3) is 0 Å². The summed E-state index contributed by atoms with van der Waals surface area (Å²) in [5, 5.41) is 0. The maximum absolute atomic E-state index is 12.6. The third-order valence-corrected chi connectivity index (χ3v) is 5.47. The molecular formula is C16H24BrNO2S. The van der Waals surface area contributed by atoms with Crippen LogP contribution in [0.2, 0.25) is 0 Å². The summed E-state index contributed by atoms with van der Waals surface area (Å²) in [5.74, 6) is 0.185. The number of piperidine rings is 1. The molecule has 0 bridgehead atoms. The van der Waals surface area contributed by atoms with Gasteiger partial charge in [-0.3, -0.25) is 4.79 Å². The molecule has 5 heteroatoms. The van der Waals surface area contributed by atoms with Gasteiger partial charge < -0.3 is 0 Å². The normalized spacial score (nSPS) is 23.1. The maximum Gasteiger partial charge on any atom is 0.154 e. The molecule has 1 fully saturated rings. The zero-order chi connectivity index (χ0) is 16.2. The quantitative estimate of drug-likeness (QED) is 0.740. The number of benzene rings is 1. The monoisotopic (exact) mass is 373 g/mol. The molecule has 1 aromatic rings. The van der Waals surface area contributed by atoms with E-state index in [1.54, 1.807) is 0 Å². The van der Waals surface area contributed by atoms with Crippen molar-refractivity contribution in [2.75, 3.05) is 13.1 Å². The van der Waals surface area contributed by atoms with E-state index in [2.05, 4.69) is 15.9 Å². The van der Waals surface area contributed by atoms with E-state index < -0.39 is 16.4 Å². The number of aryl methyl sites for hydroxylation is 1. The van der Waals surface area contributed by atoms with Crippen LogP contribution in [0.25, 0.3) is 0 Å². The van der Waals surface area contributed by atoms with Crippen LogP contribution < -0.4 is 0 Å². The first-order chi connectivity index (χ1) is 9.81. The number of hydrogen-bond donors (Lipinski definition) is 0. The first-order valence-electron chi connectivity index (χ1n) is 7.23. The molecule has 1 saturated heterocycles. The number of carbonyl (C=O) groups excluding carboxylic acids is 1. The lowest BCUT2D eigenvalue weighted by molar-refractivity contribution is -0.129. The third-order valence-electron chi connectivity index (χ3n) is 3.34. The van der Waals surface area contributed by atoms with Crippen LogP contribution in [0.3, 0.4) is 0 Å². The minimum Gasteiger partial charge on any atom is -0.298 e. The highest BCUT2D eigenvalue weighted by Crippen LogP contribution is 2.30. The SMILES string of the molecule is CC.Cc1ccc(S(=O)N2CC(Br)C(=O)C(C)(C)C2)cc1. The van der Waals surface area contributed by atoms with Crippen LogP contribution in [0.4, 0.5) is 0 Å². The van der Waals surface area contributed by atoms with E-state index in [-0.39, 0.29) is 10.6 Å². The molecule has 2 atom stereocenters. The number of rotatable bonds is 2. The highest BCUT2D eigenvalue weighted by Gasteiger charge is 2.41. The number of hydrogen-bond acceptors (Lipinski definition) is 2. The van der Waals surface area contributed by atoms with E-state index in [1.807, 2.05) is 63.2 Å². The van der Waals surface area contributed by atoms with Crippen molar-refractivity contribution >= 4 is 32.7 Å². The number of nitrogens with zero attached hydrogens (tertiary/aromatic N) is 1. The largest absolute Gasteiger partial charge is 0.298 e. The second kappa shape index (κ2) is 7.65. The van der Waals surface area contributed by atoms with E-state index in [4.69, 9.17) is 0 Å². The maximum atomic E-state index is 12.6. The third kappa shape index (κ3) is 4.47. The Bertz CT molecular complexity index is 514. The summed E-state index contributed by atoms with van der Waals surface area (Å²) in [4.78, 5) is 12.6. The van der Waals surface area contributed by atoms with Crippen molar-refractivity contribution in [3.63, 3.8) is 0 Å². The van der Waals surface area contributed by atoms with Gasteiger partial charge in [-0.15, -0.1) is 0 Å². The molecule has 2 unspecified atom stereocenters. The van der Waals surface area contributed by atoms with E-state index in [0.29, 0.717) is 13.1 Å². The summed E-state index contributed by atoms with van der Waals surface area (Å²) in [6.45, 7) is 10.8. The van der Waals surface area contributed by atoms with Gasteiger partial charge in [-0.25, -0.2) is 8.51 Å². The summed E-state index contributed by atoms with van der Waals surface area (Å²) < 4.78 is 14.4. The predicted molar refractivity (Wildman–Crippen MR) is 92.0 cm³/mol. The molecule has 2 rings (SSSR count). The van der Waals surface area contributed by atoms with Gasteiger partial charge >= 0.3 is 0 Å². The Hall–Kier alpha value is -0.520. The van der Waals surface area contributed by atoms with Gasteiger partial charge in [-0.05, 0) is 19.1 Å². The zero-order valence-corrected chi connectivity index (χ0v) is 15.8. The molecule has 118 valence electrons. The molecule has 1 aliphatic heterocycles. The number of Topliss-reactive ketones (excluding diaryl/α,β-unsaturated/α-hetero) is 1. The summed E-state index contributed by atoms with van der Waals surface area (Å²) >= 11 is 3.40. The molecule has 21 heavy (non-hydrogen) atoms. The fraction of sp³-hybridized carbons (Fsp3) is 0.562. The molecule has 1 aliphatic rings. The van der Waals surface area contributed by atoms with E-state index in [9.17, 15) is 9.00 Å². The Morgan fingerprint density at radius 3 is 2.24 bits per heavy atom.